The minimum Gasteiger partial charge on any atom is -0.466 e. The first-order valence-corrected chi connectivity index (χ1v) is 10.3. The Hall–Kier alpha value is -0.530. The monoisotopic (exact) mass is 326 g/mol. The molecule has 2 heteroatoms. The highest BCUT2D eigenvalue weighted by atomic mass is 16.5. The quantitative estimate of drug-likeness (QED) is 0.227. The second-order valence-corrected chi connectivity index (χ2v) is 7.28. The molecule has 0 aromatic carbocycles. The van der Waals surface area contributed by atoms with E-state index in [1.54, 1.807) is 0 Å². The fraction of sp³-hybridized carbons (Fsp3) is 0.952. The summed E-state index contributed by atoms with van der Waals surface area (Å²) in [4.78, 5) is 11.9. The van der Waals surface area contributed by atoms with Crippen molar-refractivity contribution >= 4 is 5.97 Å². The smallest absolute Gasteiger partial charge is 0.309 e. The molecule has 2 nitrogen and oxygen atoms in total. The first kappa shape index (κ1) is 22.5. The molecule has 0 aromatic rings. The van der Waals surface area contributed by atoms with Crippen LogP contribution in [0.3, 0.4) is 0 Å². The molecule has 0 bridgehead atoms. The van der Waals surface area contributed by atoms with Gasteiger partial charge in [0, 0.05) is 0 Å². The zero-order valence-electron chi connectivity index (χ0n) is 16.4. The van der Waals surface area contributed by atoms with Crippen molar-refractivity contribution in [1.82, 2.24) is 0 Å². The van der Waals surface area contributed by atoms with Gasteiger partial charge in [0.15, 0.2) is 0 Å². The molecule has 138 valence electrons. The molecule has 0 radical (unpaired) electrons. The largest absolute Gasteiger partial charge is 0.466 e. The summed E-state index contributed by atoms with van der Waals surface area (Å²) in [6.45, 7) is 8.92. The van der Waals surface area contributed by atoms with Crippen molar-refractivity contribution in [2.75, 3.05) is 6.61 Å². The van der Waals surface area contributed by atoms with E-state index in [1.165, 1.54) is 77.0 Å². The van der Waals surface area contributed by atoms with Gasteiger partial charge in [-0.25, -0.2) is 0 Å². The molecule has 0 rings (SSSR count). The summed E-state index contributed by atoms with van der Waals surface area (Å²) >= 11 is 0. The number of unbranched alkanes of at least 4 members (excludes halogenated alkanes) is 11. The summed E-state index contributed by atoms with van der Waals surface area (Å²) in [6.07, 6.45) is 17.3. The molecular weight excluding hydrogens is 284 g/mol. The maximum absolute atomic E-state index is 11.9. The van der Waals surface area contributed by atoms with Crippen LogP contribution < -0.4 is 0 Å². The minimum atomic E-state index is 0.00516. The highest BCUT2D eigenvalue weighted by Gasteiger charge is 2.22. The van der Waals surface area contributed by atoms with E-state index in [4.69, 9.17) is 4.74 Å². The predicted molar refractivity (Wildman–Crippen MR) is 101 cm³/mol. The van der Waals surface area contributed by atoms with Gasteiger partial charge < -0.3 is 4.74 Å². The molecule has 0 amide bonds. The average molecular weight is 327 g/mol. The van der Waals surface area contributed by atoms with Crippen molar-refractivity contribution in [2.24, 2.45) is 11.8 Å². The molecule has 0 fully saturated rings. The highest BCUT2D eigenvalue weighted by molar-refractivity contribution is 5.72. The fourth-order valence-corrected chi connectivity index (χ4v) is 3.18. The molecule has 1 unspecified atom stereocenters. The molecular formula is C21H42O2. The molecule has 0 spiro atoms. The molecule has 0 saturated carbocycles. The van der Waals surface area contributed by atoms with Crippen LogP contribution >= 0.6 is 0 Å². The summed E-state index contributed by atoms with van der Waals surface area (Å²) < 4.78 is 5.18. The highest BCUT2D eigenvalue weighted by Crippen LogP contribution is 2.21. The van der Waals surface area contributed by atoms with Crippen LogP contribution in [-0.4, -0.2) is 12.6 Å². The van der Waals surface area contributed by atoms with Crippen LogP contribution in [0.25, 0.3) is 0 Å². The lowest BCUT2D eigenvalue weighted by Crippen LogP contribution is -2.22. The van der Waals surface area contributed by atoms with Gasteiger partial charge in [-0.3, -0.25) is 4.79 Å². The lowest BCUT2D eigenvalue weighted by molar-refractivity contribution is -0.149. The summed E-state index contributed by atoms with van der Waals surface area (Å²) in [5, 5.41) is 0. The maximum Gasteiger partial charge on any atom is 0.309 e. The predicted octanol–water partition coefficient (Wildman–Crippen LogP) is 6.91. The Labute approximate surface area is 145 Å². The standard InChI is InChI=1S/C21H42O2/c1-5-7-8-9-10-11-12-13-14-15-16-17-18-20(19(3)4)21(22)23-6-2/h19-20H,5-18H2,1-4H3. The Morgan fingerprint density at radius 3 is 1.57 bits per heavy atom. The van der Waals surface area contributed by atoms with Crippen LogP contribution in [0.15, 0.2) is 0 Å². The van der Waals surface area contributed by atoms with Crippen LogP contribution in [0.2, 0.25) is 0 Å². The van der Waals surface area contributed by atoms with E-state index in [0.29, 0.717) is 12.5 Å². The third-order valence-corrected chi connectivity index (χ3v) is 4.76. The number of hydrogen-bond acceptors (Lipinski definition) is 2. The van der Waals surface area contributed by atoms with Gasteiger partial charge in [0.25, 0.3) is 0 Å². The number of ether oxygens (including phenoxy) is 1. The Kier molecular flexibility index (Phi) is 16.0. The third kappa shape index (κ3) is 13.6. The van der Waals surface area contributed by atoms with E-state index in [2.05, 4.69) is 20.8 Å². The van der Waals surface area contributed by atoms with Crippen molar-refractivity contribution in [3.8, 4) is 0 Å². The van der Waals surface area contributed by atoms with Gasteiger partial charge in [-0.2, -0.15) is 0 Å². The van der Waals surface area contributed by atoms with E-state index >= 15 is 0 Å². The lowest BCUT2D eigenvalue weighted by Gasteiger charge is -2.18. The van der Waals surface area contributed by atoms with Crippen LogP contribution in [0.1, 0.15) is 111 Å². The zero-order valence-corrected chi connectivity index (χ0v) is 16.4. The first-order chi connectivity index (χ1) is 11.1. The first-order valence-electron chi connectivity index (χ1n) is 10.3. The third-order valence-electron chi connectivity index (χ3n) is 4.76. The minimum absolute atomic E-state index is 0.00516. The van der Waals surface area contributed by atoms with Crippen LogP contribution in [0, 0.1) is 11.8 Å². The van der Waals surface area contributed by atoms with E-state index in [9.17, 15) is 4.79 Å². The molecule has 0 saturated heterocycles. The molecule has 0 aliphatic heterocycles. The fourth-order valence-electron chi connectivity index (χ4n) is 3.18. The number of carbonyl (C=O) groups excluding carboxylic acids is 1. The lowest BCUT2D eigenvalue weighted by atomic mass is 9.90. The molecule has 1 atom stereocenters. The zero-order chi connectivity index (χ0) is 17.3. The SMILES string of the molecule is CCCCCCCCCCCCCCC(C(=O)OCC)C(C)C. The Bertz CT molecular complexity index is 261. The topological polar surface area (TPSA) is 26.3 Å². The Morgan fingerprint density at radius 1 is 0.739 bits per heavy atom. The van der Waals surface area contributed by atoms with Gasteiger partial charge in [-0.15, -0.1) is 0 Å². The molecule has 0 heterocycles. The van der Waals surface area contributed by atoms with E-state index in [-0.39, 0.29) is 11.9 Å². The van der Waals surface area contributed by atoms with Crippen LogP contribution in [-0.2, 0) is 9.53 Å². The number of rotatable bonds is 16. The Balaban J connectivity index is 3.44. The summed E-state index contributed by atoms with van der Waals surface area (Å²) in [7, 11) is 0. The molecule has 0 aromatic heterocycles. The number of carbonyl (C=O) groups is 1. The van der Waals surface area contributed by atoms with Gasteiger partial charge in [0.1, 0.15) is 0 Å². The van der Waals surface area contributed by atoms with Crippen LogP contribution in [0.4, 0.5) is 0 Å². The Morgan fingerprint density at radius 2 is 1.17 bits per heavy atom. The van der Waals surface area contributed by atoms with Gasteiger partial charge in [-0.05, 0) is 19.3 Å². The molecule has 0 aliphatic carbocycles. The summed E-state index contributed by atoms with van der Waals surface area (Å²) in [5.41, 5.74) is 0. The van der Waals surface area contributed by atoms with Gasteiger partial charge in [0.2, 0.25) is 0 Å². The molecule has 23 heavy (non-hydrogen) atoms. The normalized spacial score (nSPS) is 12.6. The van der Waals surface area contributed by atoms with Gasteiger partial charge >= 0.3 is 5.97 Å². The van der Waals surface area contributed by atoms with E-state index in [1.807, 2.05) is 6.92 Å². The summed E-state index contributed by atoms with van der Waals surface area (Å²) in [6, 6.07) is 0. The van der Waals surface area contributed by atoms with Gasteiger partial charge in [0.05, 0.1) is 12.5 Å². The molecule has 0 aliphatic rings. The van der Waals surface area contributed by atoms with E-state index < -0.39 is 0 Å². The van der Waals surface area contributed by atoms with Crippen LogP contribution in [0.5, 0.6) is 0 Å². The van der Waals surface area contributed by atoms with E-state index in [0.717, 1.165) is 6.42 Å². The van der Waals surface area contributed by atoms with Crippen molar-refractivity contribution in [1.29, 1.82) is 0 Å². The van der Waals surface area contributed by atoms with Crippen molar-refractivity contribution in [3.05, 3.63) is 0 Å². The van der Waals surface area contributed by atoms with Crippen molar-refractivity contribution < 1.29 is 9.53 Å². The number of esters is 1. The van der Waals surface area contributed by atoms with Crippen molar-refractivity contribution in [2.45, 2.75) is 111 Å². The van der Waals surface area contributed by atoms with Gasteiger partial charge in [-0.1, -0.05) is 97.8 Å². The second-order valence-electron chi connectivity index (χ2n) is 7.28. The average Bonchev–Trinajstić information content (AvgIpc) is 2.51. The second kappa shape index (κ2) is 16.3. The van der Waals surface area contributed by atoms with Crippen molar-refractivity contribution in [3.63, 3.8) is 0 Å². The maximum atomic E-state index is 11.9. The molecule has 0 N–H and O–H groups in total. The number of hydrogen-bond donors (Lipinski definition) is 0. The summed E-state index contributed by atoms with van der Waals surface area (Å²) in [5.74, 6) is 0.491.